The molecule has 0 fully saturated rings. The van der Waals surface area contributed by atoms with Crippen LogP contribution in [0.1, 0.15) is 25.0 Å². The van der Waals surface area contributed by atoms with Gasteiger partial charge in [-0.05, 0) is 19.4 Å². The van der Waals surface area contributed by atoms with Crippen molar-refractivity contribution in [2.24, 2.45) is 0 Å². The predicted octanol–water partition coefficient (Wildman–Crippen LogP) is 3.23. The van der Waals surface area contributed by atoms with E-state index in [0.29, 0.717) is 12.1 Å². The lowest BCUT2D eigenvalue weighted by Gasteiger charge is -2.33. The van der Waals surface area contributed by atoms with E-state index in [1.165, 1.54) is 13.8 Å². The lowest BCUT2D eigenvalue weighted by atomic mass is 9.89. The fourth-order valence-corrected chi connectivity index (χ4v) is 1.61. The molecule has 0 heterocycles. The molecule has 1 aromatic rings. The molecule has 114 valence electrons. The third-order valence-corrected chi connectivity index (χ3v) is 2.83. The SMILES string of the molecule is CC(C)(O)c1ccc(C(O)(C(F)(F)F)C(F)(F)F)cc1. The van der Waals surface area contributed by atoms with Gasteiger partial charge in [0, 0.05) is 5.56 Å². The third-order valence-electron chi connectivity index (χ3n) is 2.83. The van der Waals surface area contributed by atoms with Crippen LogP contribution in [0, 0.1) is 0 Å². The number of benzene rings is 1. The summed E-state index contributed by atoms with van der Waals surface area (Å²) in [7, 11) is 0. The Labute approximate surface area is 110 Å². The molecule has 0 atom stereocenters. The molecule has 0 saturated heterocycles. The molecular formula is C12H12F6O2. The van der Waals surface area contributed by atoms with E-state index in [9.17, 15) is 31.4 Å². The largest absolute Gasteiger partial charge is 0.430 e. The standard InChI is InChI=1S/C12H12F6O2/c1-9(2,19)7-3-5-8(6-4-7)10(20,11(13,14)15)12(16,17)18/h3-6,19-20H,1-2H3. The Bertz CT molecular complexity index is 453. The first-order valence-corrected chi connectivity index (χ1v) is 5.40. The topological polar surface area (TPSA) is 40.5 Å². The van der Waals surface area contributed by atoms with E-state index >= 15 is 0 Å². The summed E-state index contributed by atoms with van der Waals surface area (Å²) in [5.74, 6) is 0. The van der Waals surface area contributed by atoms with E-state index < -0.39 is 29.1 Å². The van der Waals surface area contributed by atoms with Crippen LogP contribution in [0.3, 0.4) is 0 Å². The van der Waals surface area contributed by atoms with Crippen molar-refractivity contribution in [2.75, 3.05) is 0 Å². The van der Waals surface area contributed by atoms with Crippen LogP contribution in [-0.4, -0.2) is 22.6 Å². The van der Waals surface area contributed by atoms with Crippen molar-refractivity contribution in [3.63, 3.8) is 0 Å². The van der Waals surface area contributed by atoms with Crippen molar-refractivity contribution in [3.8, 4) is 0 Å². The fourth-order valence-electron chi connectivity index (χ4n) is 1.61. The second-order valence-corrected chi connectivity index (χ2v) is 4.84. The van der Waals surface area contributed by atoms with Gasteiger partial charge in [0.25, 0.3) is 5.60 Å². The summed E-state index contributed by atoms with van der Waals surface area (Å²) in [4.78, 5) is 0. The van der Waals surface area contributed by atoms with Gasteiger partial charge in [-0.15, -0.1) is 0 Å². The first kappa shape index (κ1) is 16.8. The van der Waals surface area contributed by atoms with E-state index in [4.69, 9.17) is 5.11 Å². The van der Waals surface area contributed by atoms with E-state index in [0.717, 1.165) is 12.1 Å². The zero-order valence-corrected chi connectivity index (χ0v) is 10.5. The maximum atomic E-state index is 12.6. The van der Waals surface area contributed by atoms with Crippen molar-refractivity contribution in [1.82, 2.24) is 0 Å². The molecule has 0 radical (unpaired) electrons. The smallest absolute Gasteiger partial charge is 0.386 e. The van der Waals surface area contributed by atoms with Crippen molar-refractivity contribution in [1.29, 1.82) is 0 Å². The number of rotatable bonds is 2. The quantitative estimate of drug-likeness (QED) is 0.824. The molecule has 8 heteroatoms. The van der Waals surface area contributed by atoms with E-state index in [2.05, 4.69) is 0 Å². The maximum Gasteiger partial charge on any atom is 0.430 e. The molecule has 2 N–H and O–H groups in total. The molecule has 0 spiro atoms. The number of hydrogen-bond acceptors (Lipinski definition) is 2. The number of hydrogen-bond donors (Lipinski definition) is 2. The first-order chi connectivity index (χ1) is 8.71. The zero-order chi connectivity index (χ0) is 16.0. The number of alkyl halides is 6. The van der Waals surface area contributed by atoms with Gasteiger partial charge in [-0.3, -0.25) is 0 Å². The van der Waals surface area contributed by atoms with Crippen LogP contribution < -0.4 is 0 Å². The highest BCUT2D eigenvalue weighted by atomic mass is 19.4. The minimum Gasteiger partial charge on any atom is -0.386 e. The monoisotopic (exact) mass is 302 g/mol. The second kappa shape index (κ2) is 4.63. The summed E-state index contributed by atoms with van der Waals surface area (Å²) in [6, 6.07) is 2.79. The van der Waals surface area contributed by atoms with E-state index in [1.807, 2.05) is 0 Å². The molecule has 0 amide bonds. The van der Waals surface area contributed by atoms with Crippen molar-refractivity contribution < 1.29 is 36.6 Å². The molecule has 0 aromatic heterocycles. The average molecular weight is 302 g/mol. The van der Waals surface area contributed by atoms with Gasteiger partial charge in [0.2, 0.25) is 0 Å². The van der Waals surface area contributed by atoms with Gasteiger partial charge < -0.3 is 10.2 Å². The summed E-state index contributed by atoms with van der Waals surface area (Å²) in [6.07, 6.45) is -11.8. The van der Waals surface area contributed by atoms with Gasteiger partial charge >= 0.3 is 12.4 Å². The minimum atomic E-state index is -5.92. The van der Waals surface area contributed by atoms with Gasteiger partial charge in [0.1, 0.15) is 0 Å². The Balaban J connectivity index is 3.39. The second-order valence-electron chi connectivity index (χ2n) is 4.84. The molecule has 0 unspecified atom stereocenters. The van der Waals surface area contributed by atoms with E-state index in [-0.39, 0.29) is 5.56 Å². The summed E-state index contributed by atoms with van der Waals surface area (Å²) >= 11 is 0. The Hall–Kier alpha value is -1.28. The summed E-state index contributed by atoms with van der Waals surface area (Å²) in [5, 5.41) is 18.7. The highest BCUT2D eigenvalue weighted by Gasteiger charge is 2.71. The summed E-state index contributed by atoms with van der Waals surface area (Å²) < 4.78 is 75.6. The molecule has 0 aliphatic rings. The molecule has 0 bridgehead atoms. The van der Waals surface area contributed by atoms with Crippen LogP contribution in [-0.2, 0) is 11.2 Å². The highest BCUT2D eigenvalue weighted by Crippen LogP contribution is 2.50. The van der Waals surface area contributed by atoms with Gasteiger partial charge in [-0.1, -0.05) is 24.3 Å². The maximum absolute atomic E-state index is 12.6. The molecular weight excluding hydrogens is 290 g/mol. The van der Waals surface area contributed by atoms with Crippen molar-refractivity contribution in [2.45, 2.75) is 37.4 Å². The predicted molar refractivity (Wildman–Crippen MR) is 57.7 cm³/mol. The molecule has 0 aliphatic carbocycles. The van der Waals surface area contributed by atoms with Crippen LogP contribution in [0.5, 0.6) is 0 Å². The Kier molecular flexibility index (Phi) is 3.88. The molecule has 0 aliphatic heterocycles. The molecule has 1 aromatic carbocycles. The molecule has 0 saturated carbocycles. The Morgan fingerprint density at radius 2 is 1.00 bits per heavy atom. The lowest BCUT2D eigenvalue weighted by molar-refractivity contribution is -0.376. The van der Waals surface area contributed by atoms with Crippen molar-refractivity contribution >= 4 is 0 Å². The van der Waals surface area contributed by atoms with Gasteiger partial charge in [-0.2, -0.15) is 26.3 Å². The average Bonchev–Trinajstić information content (AvgIpc) is 2.24. The minimum absolute atomic E-state index is 0.118. The normalized spacial score (nSPS) is 14.5. The van der Waals surface area contributed by atoms with Gasteiger partial charge in [-0.25, -0.2) is 0 Å². The van der Waals surface area contributed by atoms with Crippen molar-refractivity contribution in [3.05, 3.63) is 35.4 Å². The Morgan fingerprint density at radius 1 is 0.700 bits per heavy atom. The fraction of sp³-hybridized carbons (Fsp3) is 0.500. The number of halogens is 6. The molecule has 2 nitrogen and oxygen atoms in total. The van der Waals surface area contributed by atoms with Crippen LogP contribution in [0.15, 0.2) is 24.3 Å². The van der Waals surface area contributed by atoms with Gasteiger partial charge in [0.05, 0.1) is 5.60 Å². The first-order valence-electron chi connectivity index (χ1n) is 5.40. The van der Waals surface area contributed by atoms with E-state index in [1.54, 1.807) is 0 Å². The summed E-state index contributed by atoms with van der Waals surface area (Å²) in [6.45, 7) is 2.64. The molecule has 1 rings (SSSR count). The van der Waals surface area contributed by atoms with Gasteiger partial charge in [0.15, 0.2) is 0 Å². The lowest BCUT2D eigenvalue weighted by Crippen LogP contribution is -2.53. The van der Waals surface area contributed by atoms with Crippen LogP contribution in [0.2, 0.25) is 0 Å². The zero-order valence-electron chi connectivity index (χ0n) is 10.5. The third kappa shape index (κ3) is 2.76. The van der Waals surface area contributed by atoms with Crippen LogP contribution in [0.4, 0.5) is 26.3 Å². The highest BCUT2D eigenvalue weighted by molar-refractivity contribution is 5.32. The summed E-state index contributed by atoms with van der Waals surface area (Å²) in [5.41, 5.74) is -7.61. The number of aliphatic hydroxyl groups is 2. The Morgan fingerprint density at radius 3 is 1.25 bits per heavy atom. The molecule has 20 heavy (non-hydrogen) atoms. The van der Waals surface area contributed by atoms with Crippen LogP contribution >= 0.6 is 0 Å². The van der Waals surface area contributed by atoms with Crippen LogP contribution in [0.25, 0.3) is 0 Å².